The average Bonchev–Trinajstić information content (AvgIpc) is 3.21. The molecular formula is C16H14N6OS. The summed E-state index contributed by atoms with van der Waals surface area (Å²) >= 11 is 1.42. The van der Waals surface area contributed by atoms with Gasteiger partial charge >= 0.3 is 0 Å². The summed E-state index contributed by atoms with van der Waals surface area (Å²) < 4.78 is 8.08. The molecule has 0 aromatic carbocycles. The molecular weight excluding hydrogens is 324 g/mol. The molecule has 0 fully saturated rings. The molecule has 0 bridgehead atoms. The Hall–Kier alpha value is -3.00. The fourth-order valence-corrected chi connectivity index (χ4v) is 3.39. The number of thiazole rings is 1. The lowest BCUT2D eigenvalue weighted by Crippen LogP contribution is -1.99. The Morgan fingerprint density at radius 2 is 2.21 bits per heavy atom. The first kappa shape index (κ1) is 14.6. The van der Waals surface area contributed by atoms with Gasteiger partial charge in [0.15, 0.2) is 5.13 Å². The number of nitrogens with zero attached hydrogens (tertiary/aromatic N) is 5. The highest BCUT2D eigenvalue weighted by Crippen LogP contribution is 2.37. The molecule has 0 unspecified atom stereocenters. The van der Waals surface area contributed by atoms with E-state index in [1.165, 1.54) is 11.3 Å². The van der Waals surface area contributed by atoms with Crippen molar-refractivity contribution in [1.29, 1.82) is 0 Å². The summed E-state index contributed by atoms with van der Waals surface area (Å²) in [6, 6.07) is 3.93. The predicted molar refractivity (Wildman–Crippen MR) is 92.9 cm³/mol. The van der Waals surface area contributed by atoms with Crippen molar-refractivity contribution in [1.82, 2.24) is 24.7 Å². The molecule has 8 heteroatoms. The van der Waals surface area contributed by atoms with Crippen molar-refractivity contribution in [2.45, 2.75) is 6.54 Å². The molecule has 120 valence electrons. The third kappa shape index (κ3) is 2.56. The van der Waals surface area contributed by atoms with Crippen molar-refractivity contribution in [3.63, 3.8) is 0 Å². The molecule has 2 N–H and O–H groups in total. The Bertz CT molecular complexity index is 994. The number of pyridine rings is 2. The number of methoxy groups -OCH3 is 1. The van der Waals surface area contributed by atoms with Crippen LogP contribution in [0, 0.1) is 0 Å². The lowest BCUT2D eigenvalue weighted by molar-refractivity contribution is 0.402. The second-order valence-electron chi connectivity index (χ2n) is 5.20. The zero-order chi connectivity index (χ0) is 16.5. The number of hydrogen-bond donors (Lipinski definition) is 1. The first-order chi connectivity index (χ1) is 11.7. The first-order valence-electron chi connectivity index (χ1n) is 7.25. The third-order valence-electron chi connectivity index (χ3n) is 3.61. The van der Waals surface area contributed by atoms with E-state index in [0.29, 0.717) is 23.1 Å². The lowest BCUT2D eigenvalue weighted by Gasteiger charge is -2.03. The minimum Gasteiger partial charge on any atom is -0.479 e. The van der Waals surface area contributed by atoms with E-state index in [1.807, 2.05) is 35.4 Å². The Kier molecular flexibility index (Phi) is 3.58. The van der Waals surface area contributed by atoms with Crippen LogP contribution >= 0.6 is 11.3 Å². The molecule has 0 atom stereocenters. The van der Waals surface area contributed by atoms with Crippen molar-refractivity contribution < 1.29 is 4.74 Å². The summed E-state index contributed by atoms with van der Waals surface area (Å²) in [6.45, 7) is 0.658. The minimum absolute atomic E-state index is 0.476. The first-order valence-corrected chi connectivity index (χ1v) is 8.07. The second kappa shape index (κ2) is 5.89. The number of fused-ring (bicyclic) bond motifs is 1. The SMILES string of the molecule is COc1ncc(-c2cnn(Cc3cccnc3)c2)c2sc(N)nc12. The molecule has 4 aromatic heterocycles. The van der Waals surface area contributed by atoms with Gasteiger partial charge in [-0.05, 0) is 11.6 Å². The molecule has 0 aliphatic carbocycles. The molecule has 4 heterocycles. The van der Waals surface area contributed by atoms with E-state index in [1.54, 1.807) is 19.5 Å². The summed E-state index contributed by atoms with van der Waals surface area (Å²) in [5, 5.41) is 4.91. The summed E-state index contributed by atoms with van der Waals surface area (Å²) in [6.07, 6.45) is 9.15. The van der Waals surface area contributed by atoms with E-state index in [0.717, 1.165) is 21.4 Å². The van der Waals surface area contributed by atoms with Crippen LogP contribution in [-0.4, -0.2) is 31.8 Å². The lowest BCUT2D eigenvalue weighted by atomic mass is 10.1. The maximum absolute atomic E-state index is 5.86. The van der Waals surface area contributed by atoms with E-state index in [9.17, 15) is 0 Å². The maximum Gasteiger partial charge on any atom is 0.241 e. The van der Waals surface area contributed by atoms with Gasteiger partial charge in [-0.15, -0.1) is 0 Å². The monoisotopic (exact) mass is 338 g/mol. The van der Waals surface area contributed by atoms with Crippen LogP contribution in [0.15, 0.2) is 43.1 Å². The van der Waals surface area contributed by atoms with Crippen molar-refractivity contribution in [2.75, 3.05) is 12.8 Å². The number of ether oxygens (including phenoxy) is 1. The summed E-state index contributed by atoms with van der Waals surface area (Å²) in [5.41, 5.74) is 9.54. The van der Waals surface area contributed by atoms with Crippen LogP contribution in [0.3, 0.4) is 0 Å². The number of nitrogen functional groups attached to an aromatic ring is 1. The maximum atomic E-state index is 5.86. The van der Waals surface area contributed by atoms with E-state index in [-0.39, 0.29) is 0 Å². The molecule has 4 rings (SSSR count). The second-order valence-corrected chi connectivity index (χ2v) is 6.23. The number of rotatable bonds is 4. The molecule has 0 amide bonds. The van der Waals surface area contributed by atoms with Crippen LogP contribution in [0.25, 0.3) is 21.3 Å². The van der Waals surface area contributed by atoms with Gasteiger partial charge in [-0.3, -0.25) is 9.67 Å². The summed E-state index contributed by atoms with van der Waals surface area (Å²) in [4.78, 5) is 12.8. The van der Waals surface area contributed by atoms with Crippen molar-refractivity contribution in [2.24, 2.45) is 0 Å². The number of aromatic nitrogens is 5. The van der Waals surface area contributed by atoms with Gasteiger partial charge in [0.1, 0.15) is 5.52 Å². The van der Waals surface area contributed by atoms with Gasteiger partial charge in [0.25, 0.3) is 0 Å². The topological polar surface area (TPSA) is 91.7 Å². The van der Waals surface area contributed by atoms with E-state index in [2.05, 4.69) is 20.1 Å². The van der Waals surface area contributed by atoms with Gasteiger partial charge in [-0.25, -0.2) is 9.97 Å². The molecule has 4 aromatic rings. The predicted octanol–water partition coefficient (Wildman–Crippen LogP) is 2.59. The van der Waals surface area contributed by atoms with Gasteiger partial charge in [0.05, 0.1) is 24.6 Å². The van der Waals surface area contributed by atoms with Crippen LogP contribution in [-0.2, 0) is 6.54 Å². The summed E-state index contributed by atoms with van der Waals surface area (Å²) in [5.74, 6) is 0.476. The van der Waals surface area contributed by atoms with Gasteiger partial charge in [-0.1, -0.05) is 17.4 Å². The zero-order valence-electron chi connectivity index (χ0n) is 12.9. The molecule has 7 nitrogen and oxygen atoms in total. The summed E-state index contributed by atoms with van der Waals surface area (Å²) in [7, 11) is 1.57. The van der Waals surface area contributed by atoms with Crippen LogP contribution in [0.1, 0.15) is 5.56 Å². The Morgan fingerprint density at radius 3 is 3.00 bits per heavy atom. The molecule has 0 saturated carbocycles. The van der Waals surface area contributed by atoms with Crippen molar-refractivity contribution >= 4 is 26.7 Å². The Morgan fingerprint density at radius 1 is 1.29 bits per heavy atom. The van der Waals surface area contributed by atoms with Crippen LogP contribution in [0.5, 0.6) is 5.88 Å². The van der Waals surface area contributed by atoms with Gasteiger partial charge in [0, 0.05) is 35.9 Å². The number of nitrogens with two attached hydrogens (primary N) is 1. The minimum atomic E-state index is 0.476. The van der Waals surface area contributed by atoms with Gasteiger partial charge in [0.2, 0.25) is 5.88 Å². The smallest absolute Gasteiger partial charge is 0.241 e. The van der Waals surface area contributed by atoms with Crippen LogP contribution in [0.2, 0.25) is 0 Å². The van der Waals surface area contributed by atoms with Gasteiger partial charge in [-0.2, -0.15) is 5.10 Å². The average molecular weight is 338 g/mol. The largest absolute Gasteiger partial charge is 0.479 e. The van der Waals surface area contributed by atoms with Gasteiger partial charge < -0.3 is 10.5 Å². The fraction of sp³-hybridized carbons (Fsp3) is 0.125. The Balaban J connectivity index is 1.73. The Labute approximate surface area is 141 Å². The van der Waals surface area contributed by atoms with Crippen molar-refractivity contribution in [3.8, 4) is 17.0 Å². The quantitative estimate of drug-likeness (QED) is 0.615. The fourth-order valence-electron chi connectivity index (χ4n) is 2.53. The van der Waals surface area contributed by atoms with Crippen LogP contribution in [0.4, 0.5) is 5.13 Å². The molecule has 0 radical (unpaired) electrons. The van der Waals surface area contributed by atoms with Crippen molar-refractivity contribution in [3.05, 3.63) is 48.7 Å². The molecule has 24 heavy (non-hydrogen) atoms. The third-order valence-corrected chi connectivity index (χ3v) is 4.52. The standard InChI is InChI=1S/C16H14N6OS/c1-23-15-13-14(24-16(17)21-13)12(7-19-15)11-6-20-22(9-11)8-10-3-2-4-18-5-10/h2-7,9H,8H2,1H3,(H2,17,21). The highest BCUT2D eigenvalue weighted by Gasteiger charge is 2.15. The molecule has 0 saturated heterocycles. The van der Waals surface area contributed by atoms with E-state index < -0.39 is 0 Å². The molecule has 0 spiro atoms. The van der Waals surface area contributed by atoms with E-state index >= 15 is 0 Å². The zero-order valence-corrected chi connectivity index (χ0v) is 13.7. The normalized spacial score (nSPS) is 11.0. The highest BCUT2D eigenvalue weighted by molar-refractivity contribution is 7.22. The highest BCUT2D eigenvalue weighted by atomic mass is 32.1. The molecule has 0 aliphatic heterocycles. The van der Waals surface area contributed by atoms with E-state index in [4.69, 9.17) is 10.5 Å². The molecule has 0 aliphatic rings. The number of hydrogen-bond acceptors (Lipinski definition) is 7. The number of anilines is 1. The van der Waals surface area contributed by atoms with Crippen LogP contribution < -0.4 is 10.5 Å².